The van der Waals surface area contributed by atoms with Gasteiger partial charge in [-0.25, -0.2) is 0 Å². The number of nitrogens with zero attached hydrogens (tertiary/aromatic N) is 5. The van der Waals surface area contributed by atoms with Gasteiger partial charge in [-0.3, -0.25) is 4.90 Å². The van der Waals surface area contributed by atoms with E-state index in [4.69, 9.17) is 23.2 Å². The lowest BCUT2D eigenvalue weighted by molar-refractivity contribution is -0.0155. The summed E-state index contributed by atoms with van der Waals surface area (Å²) < 4.78 is 0. The molecule has 0 N–H and O–H groups in total. The predicted octanol–water partition coefficient (Wildman–Crippen LogP) is 4.43. The van der Waals surface area contributed by atoms with Gasteiger partial charge in [0.05, 0.1) is 0 Å². The number of rotatable bonds is 2. The quantitative estimate of drug-likeness (QED) is 0.766. The molecule has 0 saturated carbocycles. The molecule has 2 rings (SSSR count). The fraction of sp³-hybridized carbons (Fsp3) is 0.824. The van der Waals surface area contributed by atoms with Gasteiger partial charge >= 0.3 is 0 Å². The maximum Gasteiger partial charge on any atom is 0.231 e. The van der Waals surface area contributed by atoms with E-state index >= 15 is 0 Å². The van der Waals surface area contributed by atoms with Gasteiger partial charge in [-0.15, -0.1) is 0 Å². The number of hydrogen-bond donors (Lipinski definition) is 0. The molecule has 0 spiro atoms. The van der Waals surface area contributed by atoms with Gasteiger partial charge in [0, 0.05) is 22.7 Å². The van der Waals surface area contributed by atoms with Crippen molar-refractivity contribution in [2.45, 2.75) is 84.0 Å². The monoisotopic (exact) mass is 373 g/mol. The van der Waals surface area contributed by atoms with Crippen LogP contribution in [0.15, 0.2) is 0 Å². The Kier molecular flexibility index (Phi) is 5.13. The third-order valence-corrected chi connectivity index (χ3v) is 5.50. The van der Waals surface area contributed by atoms with Crippen LogP contribution in [0.5, 0.6) is 0 Å². The number of aromatic nitrogens is 3. The van der Waals surface area contributed by atoms with E-state index in [1.807, 2.05) is 0 Å². The Hall–Kier alpha value is -0.650. The standard InChI is InChI=1S/C17H29Cl2N5/c1-15(2,3)24(14-21-12(18)20-13(19)22-14)11-9-16(4,5)23(8)17(6,7)10-11/h11H,9-10H2,1-8H3. The Balaban J connectivity index is 2.50. The molecule has 0 aliphatic carbocycles. The number of piperidine rings is 1. The summed E-state index contributed by atoms with van der Waals surface area (Å²) in [5.41, 5.74) is -0.0339. The van der Waals surface area contributed by atoms with Gasteiger partial charge in [0.1, 0.15) is 0 Å². The molecule has 2 heterocycles. The van der Waals surface area contributed by atoms with E-state index in [2.05, 4.69) is 80.3 Å². The first-order valence-corrected chi connectivity index (χ1v) is 9.10. The van der Waals surface area contributed by atoms with Crippen molar-refractivity contribution in [1.29, 1.82) is 0 Å². The number of anilines is 1. The van der Waals surface area contributed by atoms with E-state index in [1.165, 1.54) is 0 Å². The molecule has 136 valence electrons. The van der Waals surface area contributed by atoms with Gasteiger partial charge in [0.2, 0.25) is 16.5 Å². The van der Waals surface area contributed by atoms with Crippen LogP contribution in [0.2, 0.25) is 10.6 Å². The normalized spacial score (nSPS) is 21.8. The first-order chi connectivity index (χ1) is 10.7. The molecule has 5 nitrogen and oxygen atoms in total. The average molecular weight is 374 g/mol. The van der Waals surface area contributed by atoms with Gasteiger partial charge in [0.15, 0.2) is 0 Å². The first-order valence-electron chi connectivity index (χ1n) is 8.34. The lowest BCUT2D eigenvalue weighted by Gasteiger charge is -2.57. The van der Waals surface area contributed by atoms with Crippen LogP contribution in [0.25, 0.3) is 0 Å². The Morgan fingerprint density at radius 1 is 0.958 bits per heavy atom. The minimum atomic E-state index is -0.166. The van der Waals surface area contributed by atoms with Crippen molar-refractivity contribution in [2.24, 2.45) is 0 Å². The van der Waals surface area contributed by atoms with Crippen molar-refractivity contribution in [3.63, 3.8) is 0 Å². The van der Waals surface area contributed by atoms with E-state index in [0.717, 1.165) is 12.8 Å². The zero-order valence-electron chi connectivity index (χ0n) is 16.0. The van der Waals surface area contributed by atoms with Gasteiger partial charge in [-0.2, -0.15) is 15.0 Å². The van der Waals surface area contributed by atoms with Crippen LogP contribution in [0.1, 0.15) is 61.3 Å². The molecule has 7 heteroatoms. The van der Waals surface area contributed by atoms with E-state index in [9.17, 15) is 0 Å². The fourth-order valence-corrected chi connectivity index (χ4v) is 4.29. The molecule has 0 atom stereocenters. The van der Waals surface area contributed by atoms with E-state index < -0.39 is 0 Å². The SMILES string of the molecule is CN1C(C)(C)CC(N(c2nc(Cl)nc(Cl)n2)C(C)(C)C)CC1(C)C. The maximum absolute atomic E-state index is 6.04. The summed E-state index contributed by atoms with van der Waals surface area (Å²) in [7, 11) is 2.20. The summed E-state index contributed by atoms with van der Waals surface area (Å²) in [5, 5.41) is 0.261. The highest BCUT2D eigenvalue weighted by Crippen LogP contribution is 2.41. The summed E-state index contributed by atoms with van der Waals surface area (Å²) in [4.78, 5) is 17.3. The Labute approximate surface area is 155 Å². The average Bonchev–Trinajstić information content (AvgIpc) is 2.32. The van der Waals surface area contributed by atoms with Crippen LogP contribution in [0.3, 0.4) is 0 Å². The zero-order valence-corrected chi connectivity index (χ0v) is 17.5. The van der Waals surface area contributed by atoms with Gasteiger partial charge in [-0.1, -0.05) is 0 Å². The van der Waals surface area contributed by atoms with Crippen molar-refractivity contribution >= 4 is 29.2 Å². The summed E-state index contributed by atoms with van der Waals surface area (Å²) in [5.74, 6) is 0.550. The van der Waals surface area contributed by atoms with Crippen molar-refractivity contribution in [2.75, 3.05) is 11.9 Å². The van der Waals surface area contributed by atoms with Crippen molar-refractivity contribution < 1.29 is 0 Å². The van der Waals surface area contributed by atoms with Crippen molar-refractivity contribution in [3.8, 4) is 0 Å². The van der Waals surface area contributed by atoms with Crippen LogP contribution >= 0.6 is 23.2 Å². The van der Waals surface area contributed by atoms with Gasteiger partial charge in [-0.05, 0) is 91.6 Å². The molecular formula is C17H29Cl2N5. The lowest BCUT2D eigenvalue weighted by atomic mass is 9.76. The third-order valence-electron chi connectivity index (χ3n) is 5.16. The Morgan fingerprint density at radius 3 is 1.75 bits per heavy atom. The summed E-state index contributed by atoms with van der Waals surface area (Å²) in [6.45, 7) is 15.6. The minimum absolute atomic E-state index is 0.0660. The molecule has 1 aliphatic rings. The van der Waals surface area contributed by atoms with E-state index in [0.29, 0.717) is 5.95 Å². The summed E-state index contributed by atoms with van der Waals surface area (Å²) >= 11 is 12.1. The lowest BCUT2D eigenvalue weighted by Crippen LogP contribution is -2.65. The molecule has 24 heavy (non-hydrogen) atoms. The van der Waals surface area contributed by atoms with Crippen molar-refractivity contribution in [3.05, 3.63) is 10.6 Å². The van der Waals surface area contributed by atoms with Crippen LogP contribution in [-0.4, -0.2) is 49.6 Å². The van der Waals surface area contributed by atoms with Crippen LogP contribution in [0.4, 0.5) is 5.95 Å². The molecule has 1 fully saturated rings. The highest BCUT2D eigenvalue weighted by Gasteiger charge is 2.47. The predicted molar refractivity (Wildman–Crippen MR) is 101 cm³/mol. The molecule has 1 saturated heterocycles. The molecule has 1 aromatic heterocycles. The van der Waals surface area contributed by atoms with Crippen LogP contribution < -0.4 is 4.90 Å². The number of likely N-dealkylation sites (tertiary alicyclic amines) is 1. The molecule has 0 amide bonds. The second-order valence-corrected chi connectivity index (χ2v) is 9.64. The molecular weight excluding hydrogens is 345 g/mol. The molecule has 1 aliphatic heterocycles. The summed E-state index contributed by atoms with van der Waals surface area (Å²) in [6.07, 6.45) is 2.01. The highest BCUT2D eigenvalue weighted by atomic mass is 35.5. The van der Waals surface area contributed by atoms with E-state index in [1.54, 1.807) is 0 Å². The molecule has 0 unspecified atom stereocenters. The largest absolute Gasteiger partial charge is 0.333 e. The first kappa shape index (κ1) is 19.7. The second-order valence-electron chi connectivity index (χ2n) is 8.96. The molecule has 1 aromatic rings. The van der Waals surface area contributed by atoms with Gasteiger partial charge in [0.25, 0.3) is 0 Å². The zero-order chi connectivity index (χ0) is 18.5. The molecule has 0 bridgehead atoms. The highest BCUT2D eigenvalue weighted by molar-refractivity contribution is 6.31. The minimum Gasteiger partial charge on any atom is -0.333 e. The van der Waals surface area contributed by atoms with Crippen LogP contribution in [-0.2, 0) is 0 Å². The smallest absolute Gasteiger partial charge is 0.231 e. The topological polar surface area (TPSA) is 45.2 Å². The Bertz CT molecular complexity index is 571. The second kappa shape index (κ2) is 6.26. The van der Waals surface area contributed by atoms with E-state index in [-0.39, 0.29) is 33.2 Å². The number of halogens is 2. The van der Waals surface area contributed by atoms with Crippen LogP contribution in [0, 0.1) is 0 Å². The Morgan fingerprint density at radius 2 is 1.38 bits per heavy atom. The maximum atomic E-state index is 6.04. The number of hydrogen-bond acceptors (Lipinski definition) is 5. The fourth-order valence-electron chi connectivity index (χ4n) is 3.94. The molecule has 0 aromatic carbocycles. The third kappa shape index (κ3) is 3.94. The van der Waals surface area contributed by atoms with Crippen molar-refractivity contribution in [1.82, 2.24) is 19.9 Å². The van der Waals surface area contributed by atoms with Gasteiger partial charge < -0.3 is 4.90 Å². The summed E-state index contributed by atoms with van der Waals surface area (Å²) in [6, 6.07) is 0.278. The molecule has 0 radical (unpaired) electrons.